The molecule has 152 valence electrons. The summed E-state index contributed by atoms with van der Waals surface area (Å²) in [4.78, 5) is 11.1. The summed E-state index contributed by atoms with van der Waals surface area (Å²) in [5.74, 6) is 1.12. The van der Waals surface area contributed by atoms with Crippen molar-refractivity contribution in [3.63, 3.8) is 0 Å². The van der Waals surface area contributed by atoms with Crippen LogP contribution in [0.4, 0.5) is 5.69 Å². The number of nitro groups is 1. The molecule has 0 aliphatic carbocycles. The molecule has 0 aliphatic rings. The van der Waals surface area contributed by atoms with Crippen LogP contribution in [0.5, 0.6) is 11.5 Å². The van der Waals surface area contributed by atoms with Gasteiger partial charge in [-0.05, 0) is 31.1 Å². The molecule has 1 heterocycles. The third kappa shape index (κ3) is 5.38. The molecule has 0 bridgehead atoms. The van der Waals surface area contributed by atoms with Gasteiger partial charge in [0.1, 0.15) is 0 Å². The highest BCUT2D eigenvalue weighted by Crippen LogP contribution is 2.38. The molecule has 1 aromatic heterocycles. The van der Waals surface area contributed by atoms with E-state index in [1.54, 1.807) is 6.07 Å². The van der Waals surface area contributed by atoms with Gasteiger partial charge in [-0.1, -0.05) is 26.7 Å². The monoisotopic (exact) mass is 407 g/mol. The van der Waals surface area contributed by atoms with E-state index in [1.807, 2.05) is 6.92 Å². The summed E-state index contributed by atoms with van der Waals surface area (Å²) in [7, 11) is 1.45. The van der Waals surface area contributed by atoms with Crippen LogP contribution in [-0.4, -0.2) is 39.7 Å². The molecule has 0 spiro atoms. The van der Waals surface area contributed by atoms with E-state index in [4.69, 9.17) is 21.7 Å². The Morgan fingerprint density at radius 1 is 1.36 bits per heavy atom. The molecular weight excluding hydrogens is 382 g/mol. The third-order valence-electron chi connectivity index (χ3n) is 3.98. The average molecular weight is 407 g/mol. The second-order valence-electron chi connectivity index (χ2n) is 6.14. The van der Waals surface area contributed by atoms with Gasteiger partial charge in [0.15, 0.2) is 11.6 Å². The van der Waals surface area contributed by atoms with Crippen LogP contribution in [0.1, 0.15) is 50.9 Å². The van der Waals surface area contributed by atoms with Crippen LogP contribution < -0.4 is 9.47 Å². The van der Waals surface area contributed by atoms with Crippen molar-refractivity contribution in [2.75, 3.05) is 13.7 Å². The first-order valence-electron chi connectivity index (χ1n) is 9.21. The van der Waals surface area contributed by atoms with E-state index in [9.17, 15) is 10.1 Å². The number of hydrogen-bond acceptors (Lipinski definition) is 7. The maximum atomic E-state index is 11.5. The standard InChI is InChI=1S/C18H25N5O4S/c1-4-6-7-9-27-17-14(23(24)25)10-13(11-15(17)26-3)12-19-22-16(8-5-2)20-21-18(22)28/h10-12H,4-9H2,1-3H3,(H,21,28)/b19-12-. The quantitative estimate of drug-likeness (QED) is 0.196. The van der Waals surface area contributed by atoms with Crippen molar-refractivity contribution in [1.29, 1.82) is 0 Å². The fourth-order valence-corrected chi connectivity index (χ4v) is 2.79. The van der Waals surface area contributed by atoms with Crippen LogP contribution in [0.2, 0.25) is 0 Å². The van der Waals surface area contributed by atoms with Gasteiger partial charge in [-0.15, -0.1) is 0 Å². The van der Waals surface area contributed by atoms with Gasteiger partial charge in [-0.3, -0.25) is 15.2 Å². The Bertz CT molecular complexity index is 891. The minimum absolute atomic E-state index is 0.132. The Morgan fingerprint density at radius 2 is 2.14 bits per heavy atom. The molecule has 0 atom stereocenters. The number of aromatic nitrogens is 3. The van der Waals surface area contributed by atoms with Gasteiger partial charge in [0.25, 0.3) is 0 Å². The number of nitrogens with zero attached hydrogens (tertiary/aromatic N) is 4. The summed E-state index contributed by atoms with van der Waals surface area (Å²) >= 11 is 5.19. The zero-order chi connectivity index (χ0) is 20.5. The molecule has 2 aromatic rings. The number of aryl methyl sites for hydroxylation is 1. The van der Waals surface area contributed by atoms with Gasteiger partial charge >= 0.3 is 5.69 Å². The Hall–Kier alpha value is -2.75. The number of methoxy groups -OCH3 is 1. The number of hydrogen-bond donors (Lipinski definition) is 1. The minimum atomic E-state index is -0.485. The average Bonchev–Trinajstić information content (AvgIpc) is 3.03. The molecular formula is C18H25N5O4S. The maximum absolute atomic E-state index is 11.5. The predicted octanol–water partition coefficient (Wildman–Crippen LogP) is 4.26. The molecule has 9 nitrogen and oxygen atoms in total. The lowest BCUT2D eigenvalue weighted by molar-refractivity contribution is -0.386. The van der Waals surface area contributed by atoms with Crippen molar-refractivity contribution in [2.45, 2.75) is 46.0 Å². The molecule has 0 saturated carbocycles. The van der Waals surface area contributed by atoms with E-state index in [1.165, 1.54) is 24.1 Å². The number of nitro benzene ring substituents is 1. The highest BCUT2D eigenvalue weighted by Gasteiger charge is 2.22. The normalized spacial score (nSPS) is 11.1. The van der Waals surface area contributed by atoms with Crippen LogP contribution in [0.15, 0.2) is 17.2 Å². The first kappa shape index (κ1) is 21.5. The van der Waals surface area contributed by atoms with Crippen molar-refractivity contribution >= 4 is 24.1 Å². The molecule has 28 heavy (non-hydrogen) atoms. The maximum Gasteiger partial charge on any atom is 0.315 e. The lowest BCUT2D eigenvalue weighted by Crippen LogP contribution is -2.04. The van der Waals surface area contributed by atoms with Crippen molar-refractivity contribution < 1.29 is 14.4 Å². The number of benzene rings is 1. The highest BCUT2D eigenvalue weighted by molar-refractivity contribution is 7.71. The van der Waals surface area contributed by atoms with E-state index < -0.39 is 4.92 Å². The van der Waals surface area contributed by atoms with E-state index >= 15 is 0 Å². The van der Waals surface area contributed by atoms with Crippen LogP contribution in [0.3, 0.4) is 0 Å². The van der Waals surface area contributed by atoms with Gasteiger partial charge in [0.05, 0.1) is 24.9 Å². The summed E-state index contributed by atoms with van der Waals surface area (Å²) in [5.41, 5.74) is 0.330. The molecule has 0 unspecified atom stereocenters. The summed E-state index contributed by atoms with van der Waals surface area (Å²) in [6.45, 7) is 4.50. The van der Waals surface area contributed by atoms with E-state index in [0.29, 0.717) is 29.2 Å². The van der Waals surface area contributed by atoms with E-state index in [0.717, 1.165) is 25.7 Å². The topological polar surface area (TPSA) is 108 Å². The predicted molar refractivity (Wildman–Crippen MR) is 109 cm³/mol. The number of rotatable bonds is 11. The second kappa shape index (κ2) is 10.5. The largest absolute Gasteiger partial charge is 0.493 e. The molecule has 0 saturated heterocycles. The lowest BCUT2D eigenvalue weighted by Gasteiger charge is -2.11. The van der Waals surface area contributed by atoms with E-state index in [-0.39, 0.29) is 17.2 Å². The number of ether oxygens (including phenoxy) is 2. The summed E-state index contributed by atoms with van der Waals surface area (Å²) < 4.78 is 12.8. The van der Waals surface area contributed by atoms with Gasteiger partial charge in [0.2, 0.25) is 10.5 Å². The first-order chi connectivity index (χ1) is 13.5. The van der Waals surface area contributed by atoms with Gasteiger partial charge in [0, 0.05) is 18.1 Å². The summed E-state index contributed by atoms with van der Waals surface area (Å²) in [5, 5.41) is 22.7. The fourth-order valence-electron chi connectivity index (χ4n) is 2.59. The molecule has 0 amide bonds. The van der Waals surface area contributed by atoms with Crippen molar-refractivity contribution in [2.24, 2.45) is 5.10 Å². The number of nitrogens with one attached hydrogen (secondary N) is 1. The van der Waals surface area contributed by atoms with Crippen LogP contribution in [-0.2, 0) is 6.42 Å². The number of aromatic amines is 1. The second-order valence-corrected chi connectivity index (χ2v) is 6.52. The van der Waals surface area contributed by atoms with Gasteiger partial charge < -0.3 is 9.47 Å². The molecule has 1 N–H and O–H groups in total. The minimum Gasteiger partial charge on any atom is -0.493 e. The Labute approximate surface area is 168 Å². The van der Waals surface area contributed by atoms with Gasteiger partial charge in [-0.25, -0.2) is 0 Å². The molecule has 2 rings (SSSR count). The zero-order valence-electron chi connectivity index (χ0n) is 16.3. The Morgan fingerprint density at radius 3 is 2.79 bits per heavy atom. The molecule has 10 heteroatoms. The Balaban J connectivity index is 2.35. The van der Waals surface area contributed by atoms with Crippen molar-refractivity contribution in [3.8, 4) is 11.5 Å². The smallest absolute Gasteiger partial charge is 0.315 e. The Kier molecular flexibility index (Phi) is 8.12. The fraction of sp³-hybridized carbons (Fsp3) is 0.500. The molecule has 0 aliphatic heterocycles. The highest BCUT2D eigenvalue weighted by atomic mass is 32.1. The number of H-pyrrole nitrogens is 1. The van der Waals surface area contributed by atoms with Crippen molar-refractivity contribution in [1.82, 2.24) is 14.9 Å². The lowest BCUT2D eigenvalue weighted by atomic mass is 10.2. The van der Waals surface area contributed by atoms with Crippen LogP contribution >= 0.6 is 12.2 Å². The summed E-state index contributed by atoms with van der Waals surface area (Å²) in [6, 6.07) is 3.05. The first-order valence-corrected chi connectivity index (χ1v) is 9.62. The van der Waals surface area contributed by atoms with E-state index in [2.05, 4.69) is 22.2 Å². The van der Waals surface area contributed by atoms with Crippen LogP contribution in [0.25, 0.3) is 0 Å². The zero-order valence-corrected chi connectivity index (χ0v) is 17.1. The molecule has 1 aromatic carbocycles. The SMILES string of the molecule is CCCCCOc1c(OC)cc(/C=N\n2c(CCC)n[nH]c2=S)cc1[N+](=O)[O-]. The van der Waals surface area contributed by atoms with Gasteiger partial charge in [-0.2, -0.15) is 14.9 Å². The number of unbranched alkanes of at least 4 members (excludes halogenated alkanes) is 2. The third-order valence-corrected chi connectivity index (χ3v) is 4.25. The van der Waals surface area contributed by atoms with Crippen LogP contribution in [0, 0.1) is 14.9 Å². The summed E-state index contributed by atoms with van der Waals surface area (Å²) in [6.07, 6.45) is 5.93. The molecule has 0 radical (unpaired) electrons. The van der Waals surface area contributed by atoms with Crippen molar-refractivity contribution in [3.05, 3.63) is 38.4 Å². The molecule has 0 fully saturated rings.